The van der Waals surface area contributed by atoms with Crippen molar-refractivity contribution >= 4 is 15.9 Å². The van der Waals surface area contributed by atoms with Crippen molar-refractivity contribution < 1.29 is 9.13 Å². The van der Waals surface area contributed by atoms with Gasteiger partial charge in [0.05, 0.1) is 6.10 Å². The van der Waals surface area contributed by atoms with Crippen LogP contribution in [0.2, 0.25) is 0 Å². The molecule has 2 unspecified atom stereocenters. The van der Waals surface area contributed by atoms with Crippen LogP contribution in [-0.2, 0) is 4.74 Å². The Bertz CT molecular complexity index is 393. The number of hydrogen-bond donors (Lipinski definition) is 1. The van der Waals surface area contributed by atoms with Gasteiger partial charge in [-0.05, 0) is 56.5 Å². The average molecular weight is 316 g/mol. The van der Waals surface area contributed by atoms with E-state index in [1.165, 1.54) is 12.5 Å². The minimum Gasteiger partial charge on any atom is -0.378 e. The summed E-state index contributed by atoms with van der Waals surface area (Å²) in [4.78, 5) is 0. The summed E-state index contributed by atoms with van der Waals surface area (Å²) in [6.45, 7) is 0.887. The third-order valence-electron chi connectivity index (χ3n) is 3.48. The van der Waals surface area contributed by atoms with Gasteiger partial charge in [0, 0.05) is 17.1 Å². The summed E-state index contributed by atoms with van der Waals surface area (Å²) in [6, 6.07) is 5.00. The molecule has 1 fully saturated rings. The van der Waals surface area contributed by atoms with Crippen molar-refractivity contribution in [3.63, 3.8) is 0 Å². The Balaban J connectivity index is 2.00. The molecule has 2 rings (SSSR count). The minimum absolute atomic E-state index is 0.166. The van der Waals surface area contributed by atoms with Crippen LogP contribution in [0.15, 0.2) is 22.7 Å². The molecule has 0 aromatic heterocycles. The fourth-order valence-electron chi connectivity index (χ4n) is 2.46. The molecule has 1 aliphatic heterocycles. The summed E-state index contributed by atoms with van der Waals surface area (Å²) in [6.07, 6.45) is 4.69. The van der Waals surface area contributed by atoms with Crippen molar-refractivity contribution in [1.82, 2.24) is 5.32 Å². The number of halogens is 2. The molecule has 2 nitrogen and oxygen atoms in total. The summed E-state index contributed by atoms with van der Waals surface area (Å²) in [5, 5.41) is 3.26. The van der Waals surface area contributed by atoms with Gasteiger partial charge in [-0.15, -0.1) is 0 Å². The van der Waals surface area contributed by atoms with Gasteiger partial charge >= 0.3 is 0 Å². The number of ether oxygens (including phenoxy) is 1. The van der Waals surface area contributed by atoms with Crippen LogP contribution in [0.1, 0.15) is 37.3 Å². The van der Waals surface area contributed by atoms with Crippen LogP contribution in [-0.4, -0.2) is 19.8 Å². The topological polar surface area (TPSA) is 21.3 Å². The van der Waals surface area contributed by atoms with Crippen LogP contribution in [0.4, 0.5) is 4.39 Å². The SMILES string of the molecule is CNC(CCC1CCCO1)c1cc(F)ccc1Br. The van der Waals surface area contributed by atoms with Gasteiger partial charge in [-0.1, -0.05) is 15.9 Å². The quantitative estimate of drug-likeness (QED) is 0.892. The van der Waals surface area contributed by atoms with Crippen LogP contribution < -0.4 is 5.32 Å². The third kappa shape index (κ3) is 3.53. The molecule has 0 spiro atoms. The molecule has 0 bridgehead atoms. The first kappa shape index (κ1) is 14.0. The first-order valence-corrected chi connectivity index (χ1v) is 7.24. The molecule has 2 atom stereocenters. The second-order valence-electron chi connectivity index (χ2n) is 4.72. The highest BCUT2D eigenvalue weighted by atomic mass is 79.9. The van der Waals surface area contributed by atoms with Crippen molar-refractivity contribution in [3.8, 4) is 0 Å². The van der Waals surface area contributed by atoms with E-state index < -0.39 is 0 Å². The molecule has 1 aliphatic rings. The largest absolute Gasteiger partial charge is 0.378 e. The summed E-state index contributed by atoms with van der Waals surface area (Å²) >= 11 is 3.49. The zero-order valence-electron chi connectivity index (χ0n) is 10.6. The van der Waals surface area contributed by atoms with E-state index in [2.05, 4.69) is 21.2 Å². The summed E-state index contributed by atoms with van der Waals surface area (Å²) in [5.41, 5.74) is 0.982. The highest BCUT2D eigenvalue weighted by Gasteiger charge is 2.19. The molecule has 4 heteroatoms. The number of nitrogens with one attached hydrogen (secondary N) is 1. The molecule has 0 amide bonds. The Kier molecular flexibility index (Phi) is 5.15. The van der Waals surface area contributed by atoms with Gasteiger partial charge in [-0.2, -0.15) is 0 Å². The van der Waals surface area contributed by atoms with Gasteiger partial charge in [-0.3, -0.25) is 0 Å². The van der Waals surface area contributed by atoms with Gasteiger partial charge in [0.2, 0.25) is 0 Å². The van der Waals surface area contributed by atoms with Crippen molar-refractivity contribution in [2.45, 2.75) is 37.8 Å². The van der Waals surface area contributed by atoms with Crippen LogP contribution in [0, 0.1) is 5.82 Å². The summed E-state index contributed by atoms with van der Waals surface area (Å²) < 4.78 is 19.9. The van der Waals surface area contributed by atoms with E-state index in [4.69, 9.17) is 4.74 Å². The van der Waals surface area contributed by atoms with Crippen molar-refractivity contribution in [2.75, 3.05) is 13.7 Å². The lowest BCUT2D eigenvalue weighted by atomic mass is 9.99. The Labute approximate surface area is 116 Å². The fraction of sp³-hybridized carbons (Fsp3) is 0.571. The average Bonchev–Trinajstić information content (AvgIpc) is 2.87. The minimum atomic E-state index is -0.189. The van der Waals surface area contributed by atoms with Gasteiger partial charge < -0.3 is 10.1 Å². The van der Waals surface area contributed by atoms with Crippen LogP contribution in [0.3, 0.4) is 0 Å². The molecule has 0 aliphatic carbocycles. The normalized spacial score (nSPS) is 21.2. The van der Waals surface area contributed by atoms with Crippen LogP contribution >= 0.6 is 15.9 Å². The predicted molar refractivity (Wildman–Crippen MR) is 74.1 cm³/mol. The van der Waals surface area contributed by atoms with E-state index in [1.54, 1.807) is 12.1 Å². The molecular weight excluding hydrogens is 297 g/mol. The molecule has 0 saturated carbocycles. The lowest BCUT2D eigenvalue weighted by molar-refractivity contribution is 0.0998. The maximum atomic E-state index is 13.3. The first-order valence-electron chi connectivity index (χ1n) is 6.44. The highest BCUT2D eigenvalue weighted by Crippen LogP contribution is 2.29. The fourth-order valence-corrected chi connectivity index (χ4v) is 2.98. The first-order chi connectivity index (χ1) is 8.70. The van der Waals surface area contributed by atoms with Crippen molar-refractivity contribution in [1.29, 1.82) is 0 Å². The third-order valence-corrected chi connectivity index (χ3v) is 4.21. The lowest BCUT2D eigenvalue weighted by Crippen LogP contribution is -2.19. The second kappa shape index (κ2) is 6.64. The van der Waals surface area contributed by atoms with Gasteiger partial charge in [-0.25, -0.2) is 4.39 Å². The molecule has 1 saturated heterocycles. The summed E-state index contributed by atoms with van der Waals surface area (Å²) in [7, 11) is 1.91. The molecule has 1 aromatic carbocycles. The number of rotatable bonds is 5. The van der Waals surface area contributed by atoms with Crippen molar-refractivity contribution in [3.05, 3.63) is 34.1 Å². The molecule has 1 heterocycles. The van der Waals surface area contributed by atoms with E-state index in [1.807, 2.05) is 7.05 Å². The van der Waals surface area contributed by atoms with E-state index in [0.29, 0.717) is 6.10 Å². The zero-order chi connectivity index (χ0) is 13.0. The number of benzene rings is 1. The molecule has 1 aromatic rings. The van der Waals surface area contributed by atoms with Gasteiger partial charge in [0.1, 0.15) is 5.82 Å². The Morgan fingerprint density at radius 2 is 2.39 bits per heavy atom. The smallest absolute Gasteiger partial charge is 0.123 e. The van der Waals surface area contributed by atoms with Crippen LogP contribution in [0.5, 0.6) is 0 Å². The monoisotopic (exact) mass is 315 g/mol. The molecule has 1 N–H and O–H groups in total. The molecular formula is C14H19BrFNO. The predicted octanol–water partition coefficient (Wildman–Crippen LogP) is 3.81. The molecule has 18 heavy (non-hydrogen) atoms. The highest BCUT2D eigenvalue weighted by molar-refractivity contribution is 9.10. The summed E-state index contributed by atoms with van der Waals surface area (Å²) in [5.74, 6) is -0.189. The standard InChI is InChI=1S/C14H19BrFNO/c1-17-14(7-5-11-3-2-8-18-11)12-9-10(16)4-6-13(12)15/h4,6,9,11,14,17H,2-3,5,7-8H2,1H3. The van der Waals surface area contributed by atoms with E-state index in [0.717, 1.165) is 35.9 Å². The molecule has 100 valence electrons. The zero-order valence-corrected chi connectivity index (χ0v) is 12.2. The van der Waals surface area contributed by atoms with Gasteiger partial charge in [0.25, 0.3) is 0 Å². The molecule has 0 radical (unpaired) electrons. The second-order valence-corrected chi connectivity index (χ2v) is 5.57. The van der Waals surface area contributed by atoms with E-state index >= 15 is 0 Å². The number of hydrogen-bond acceptors (Lipinski definition) is 2. The van der Waals surface area contributed by atoms with E-state index in [9.17, 15) is 4.39 Å². The Morgan fingerprint density at radius 3 is 3.06 bits per heavy atom. The van der Waals surface area contributed by atoms with Crippen LogP contribution in [0.25, 0.3) is 0 Å². The van der Waals surface area contributed by atoms with E-state index in [-0.39, 0.29) is 11.9 Å². The maximum absolute atomic E-state index is 13.3. The lowest BCUT2D eigenvalue weighted by Gasteiger charge is -2.20. The van der Waals surface area contributed by atoms with Crippen molar-refractivity contribution in [2.24, 2.45) is 0 Å². The Hall–Kier alpha value is -0.450. The maximum Gasteiger partial charge on any atom is 0.123 e. The Morgan fingerprint density at radius 1 is 1.56 bits per heavy atom. The van der Waals surface area contributed by atoms with Gasteiger partial charge in [0.15, 0.2) is 0 Å².